The molecule has 3 unspecified atom stereocenters. The zero-order valence-electron chi connectivity index (χ0n) is 19.7. The predicted molar refractivity (Wildman–Crippen MR) is 127 cm³/mol. The van der Waals surface area contributed by atoms with Crippen LogP contribution in [0.2, 0.25) is 0 Å². The molecular weight excluding hydrogens is 442 g/mol. The van der Waals surface area contributed by atoms with E-state index in [0.29, 0.717) is 11.4 Å². The molecule has 2 bridgehead atoms. The van der Waals surface area contributed by atoms with E-state index in [-0.39, 0.29) is 41.4 Å². The third-order valence-electron chi connectivity index (χ3n) is 7.65. The highest BCUT2D eigenvalue weighted by Crippen LogP contribution is 2.68. The average Bonchev–Trinajstić information content (AvgIpc) is 3.38. The molecule has 1 aromatic rings. The summed E-state index contributed by atoms with van der Waals surface area (Å²) >= 11 is 1.62. The second-order valence-corrected chi connectivity index (χ2v) is 11.2. The van der Waals surface area contributed by atoms with Crippen LogP contribution in [0.1, 0.15) is 27.2 Å². The van der Waals surface area contributed by atoms with E-state index in [1.165, 1.54) is 0 Å². The Morgan fingerprint density at radius 1 is 1.27 bits per heavy atom. The standard InChI is InChI=1S/C24H33N3O5S/c1-12(2)16(11-28)27-20(22(30)26-14-6-8-15(32-5)9-7-14)24-13(3)10-17(33-24)18(21(29)25-4)19(24)23(27)31/h6-9,12-13,16-20,28H,10-11H2,1-5H3,(H,25,29)(H,26,30)/t13?,16-,17-,18+,19-,20?,24?/m0/s1. The maximum Gasteiger partial charge on any atom is 0.248 e. The fraction of sp³-hybridized carbons (Fsp3) is 0.625. The number of anilines is 1. The van der Waals surface area contributed by atoms with Crippen LogP contribution in [0.4, 0.5) is 5.69 Å². The summed E-state index contributed by atoms with van der Waals surface area (Å²) in [5.74, 6) is -1.00. The monoisotopic (exact) mass is 475 g/mol. The molecule has 3 heterocycles. The minimum absolute atomic E-state index is 0.000960. The van der Waals surface area contributed by atoms with Gasteiger partial charge >= 0.3 is 0 Å². The van der Waals surface area contributed by atoms with Gasteiger partial charge in [-0.3, -0.25) is 14.4 Å². The number of carbonyl (C=O) groups excluding carboxylic acids is 3. The summed E-state index contributed by atoms with van der Waals surface area (Å²) in [4.78, 5) is 42.2. The number of carbonyl (C=O) groups is 3. The van der Waals surface area contributed by atoms with Crippen LogP contribution in [-0.4, -0.2) is 70.6 Å². The number of likely N-dealkylation sites (tertiary alicyclic amines) is 1. The Balaban J connectivity index is 1.77. The smallest absolute Gasteiger partial charge is 0.248 e. The zero-order chi connectivity index (χ0) is 24.1. The number of hydrogen-bond donors (Lipinski definition) is 3. The van der Waals surface area contributed by atoms with Crippen molar-refractivity contribution in [3.8, 4) is 5.75 Å². The van der Waals surface area contributed by atoms with E-state index >= 15 is 0 Å². The molecule has 180 valence electrons. The Morgan fingerprint density at radius 2 is 1.94 bits per heavy atom. The molecule has 33 heavy (non-hydrogen) atoms. The third kappa shape index (κ3) is 3.51. The number of rotatable bonds is 7. The highest BCUT2D eigenvalue weighted by atomic mass is 32.2. The third-order valence-corrected chi connectivity index (χ3v) is 9.73. The fourth-order valence-electron chi connectivity index (χ4n) is 6.09. The predicted octanol–water partition coefficient (Wildman–Crippen LogP) is 1.73. The molecule has 3 amide bonds. The van der Waals surface area contributed by atoms with Crippen LogP contribution >= 0.6 is 11.8 Å². The van der Waals surface area contributed by atoms with E-state index in [2.05, 4.69) is 17.6 Å². The van der Waals surface area contributed by atoms with Crippen molar-refractivity contribution in [3.05, 3.63) is 24.3 Å². The number of hydrogen-bond acceptors (Lipinski definition) is 6. The van der Waals surface area contributed by atoms with E-state index in [1.54, 1.807) is 55.1 Å². The van der Waals surface area contributed by atoms with Gasteiger partial charge < -0.3 is 25.4 Å². The number of nitrogens with one attached hydrogen (secondary N) is 2. The maximum atomic E-state index is 13.9. The molecule has 0 aromatic heterocycles. The van der Waals surface area contributed by atoms with Crippen molar-refractivity contribution < 1.29 is 24.2 Å². The van der Waals surface area contributed by atoms with Crippen molar-refractivity contribution in [2.75, 3.05) is 26.1 Å². The highest BCUT2D eigenvalue weighted by Gasteiger charge is 2.76. The molecule has 9 heteroatoms. The van der Waals surface area contributed by atoms with Crippen LogP contribution in [0, 0.1) is 23.7 Å². The zero-order valence-corrected chi connectivity index (χ0v) is 20.5. The largest absolute Gasteiger partial charge is 0.497 e. The van der Waals surface area contributed by atoms with Crippen LogP contribution in [0.3, 0.4) is 0 Å². The Labute approximate surface area is 198 Å². The van der Waals surface area contributed by atoms with E-state index in [1.807, 2.05) is 13.8 Å². The van der Waals surface area contributed by atoms with E-state index in [9.17, 15) is 19.5 Å². The van der Waals surface area contributed by atoms with Crippen molar-refractivity contribution in [1.82, 2.24) is 10.2 Å². The molecule has 3 saturated heterocycles. The molecule has 4 rings (SSSR count). The second-order valence-electron chi connectivity index (χ2n) is 9.62. The molecular formula is C24H33N3O5S. The molecule has 1 aromatic carbocycles. The molecule has 0 saturated carbocycles. The van der Waals surface area contributed by atoms with Crippen LogP contribution in [0.25, 0.3) is 0 Å². The number of aliphatic hydroxyl groups is 1. The van der Waals surface area contributed by atoms with Crippen LogP contribution < -0.4 is 15.4 Å². The summed E-state index contributed by atoms with van der Waals surface area (Å²) in [6.07, 6.45) is 0.776. The summed E-state index contributed by atoms with van der Waals surface area (Å²) < 4.78 is 4.49. The Bertz CT molecular complexity index is 939. The van der Waals surface area contributed by atoms with Gasteiger partial charge in [0, 0.05) is 18.0 Å². The number of nitrogens with zero attached hydrogens (tertiary/aromatic N) is 1. The van der Waals surface area contributed by atoms with Crippen molar-refractivity contribution in [2.45, 2.75) is 49.3 Å². The number of amides is 3. The summed E-state index contributed by atoms with van der Waals surface area (Å²) in [6.45, 7) is 5.70. The lowest BCUT2D eigenvalue weighted by molar-refractivity contribution is -0.142. The molecule has 3 aliphatic heterocycles. The lowest BCUT2D eigenvalue weighted by atomic mass is 9.66. The lowest BCUT2D eigenvalue weighted by Gasteiger charge is -2.40. The SMILES string of the molecule is CNC(=O)[C@@H]1[C@@H]2CC(C)C3(S2)C(C(=O)Nc2ccc(OC)cc2)N([C@@H](CO)C(C)C)C(=O)[C@H]13. The minimum atomic E-state index is -0.781. The van der Waals surface area contributed by atoms with Gasteiger partial charge in [-0.1, -0.05) is 20.8 Å². The number of thioether (sulfide) groups is 1. The van der Waals surface area contributed by atoms with Crippen molar-refractivity contribution in [1.29, 1.82) is 0 Å². The number of fused-ring (bicyclic) bond motifs is 1. The Morgan fingerprint density at radius 3 is 2.48 bits per heavy atom. The molecule has 0 aliphatic carbocycles. The fourth-order valence-corrected chi connectivity index (χ4v) is 8.50. The Hall–Kier alpha value is -2.26. The first-order valence-electron chi connectivity index (χ1n) is 11.5. The Kier molecular flexibility index (Phi) is 6.39. The van der Waals surface area contributed by atoms with Crippen molar-refractivity contribution in [3.63, 3.8) is 0 Å². The van der Waals surface area contributed by atoms with Gasteiger partial charge in [0.1, 0.15) is 11.8 Å². The number of benzene rings is 1. The van der Waals surface area contributed by atoms with Gasteiger partial charge in [0.25, 0.3) is 0 Å². The molecule has 3 aliphatic rings. The number of methoxy groups -OCH3 is 1. The van der Waals surface area contributed by atoms with Crippen molar-refractivity contribution >= 4 is 35.2 Å². The van der Waals surface area contributed by atoms with E-state index < -0.39 is 28.7 Å². The van der Waals surface area contributed by atoms with Gasteiger partial charge in [-0.2, -0.15) is 0 Å². The van der Waals surface area contributed by atoms with Gasteiger partial charge in [0.2, 0.25) is 17.7 Å². The summed E-state index contributed by atoms with van der Waals surface area (Å²) in [5, 5.41) is 15.9. The quantitative estimate of drug-likeness (QED) is 0.554. The van der Waals surface area contributed by atoms with Gasteiger partial charge in [0.05, 0.1) is 36.3 Å². The first-order valence-corrected chi connectivity index (χ1v) is 12.4. The number of ether oxygens (including phenoxy) is 1. The number of aliphatic hydroxyl groups excluding tert-OH is 1. The molecule has 1 spiro atoms. The summed E-state index contributed by atoms with van der Waals surface area (Å²) in [6, 6.07) is 5.75. The summed E-state index contributed by atoms with van der Waals surface area (Å²) in [7, 11) is 3.17. The van der Waals surface area contributed by atoms with Crippen LogP contribution in [0.5, 0.6) is 5.75 Å². The second kappa shape index (κ2) is 8.83. The molecule has 7 atom stereocenters. The normalized spacial score (nSPS) is 33.2. The first kappa shape index (κ1) is 23.9. The lowest BCUT2D eigenvalue weighted by Crippen LogP contribution is -2.57. The van der Waals surface area contributed by atoms with Crippen molar-refractivity contribution in [2.24, 2.45) is 23.7 Å². The van der Waals surface area contributed by atoms with Gasteiger partial charge in [-0.25, -0.2) is 0 Å². The van der Waals surface area contributed by atoms with Gasteiger partial charge in [0.15, 0.2) is 0 Å². The van der Waals surface area contributed by atoms with Crippen LogP contribution in [0.15, 0.2) is 24.3 Å². The molecule has 8 nitrogen and oxygen atoms in total. The molecule has 3 N–H and O–H groups in total. The first-order chi connectivity index (χ1) is 15.7. The topological polar surface area (TPSA) is 108 Å². The van der Waals surface area contributed by atoms with Crippen LogP contribution in [-0.2, 0) is 14.4 Å². The van der Waals surface area contributed by atoms with E-state index in [0.717, 1.165) is 6.42 Å². The molecule has 3 fully saturated rings. The minimum Gasteiger partial charge on any atom is -0.497 e. The van der Waals surface area contributed by atoms with E-state index in [4.69, 9.17) is 4.74 Å². The van der Waals surface area contributed by atoms with Gasteiger partial charge in [-0.05, 0) is 42.5 Å². The summed E-state index contributed by atoms with van der Waals surface area (Å²) in [5.41, 5.74) is 0.603. The highest BCUT2D eigenvalue weighted by molar-refractivity contribution is 8.02. The molecule has 0 radical (unpaired) electrons. The average molecular weight is 476 g/mol. The maximum absolute atomic E-state index is 13.9. The van der Waals surface area contributed by atoms with Gasteiger partial charge in [-0.15, -0.1) is 11.8 Å².